The number of fused-ring (bicyclic) bond motifs is 1. The molecule has 3 rings (SSSR count). The molecular weight excluding hydrogens is 357 g/mol. The topological polar surface area (TPSA) is 89.6 Å². The van der Waals surface area contributed by atoms with Gasteiger partial charge in [-0.05, 0) is 47.7 Å². The Balaban J connectivity index is 2.20. The van der Waals surface area contributed by atoms with Crippen LogP contribution in [0.2, 0.25) is 0 Å². The van der Waals surface area contributed by atoms with Crippen molar-refractivity contribution in [3.8, 4) is 5.69 Å². The average Bonchev–Trinajstić information content (AvgIpc) is 2.89. The number of carbonyl (C=O) groups is 1. The number of rotatable bonds is 2. The molecule has 0 spiro atoms. The Bertz CT molecular complexity index is 789. The monoisotopic (exact) mass is 367 g/mol. The van der Waals surface area contributed by atoms with Crippen molar-refractivity contribution < 1.29 is 4.79 Å². The van der Waals surface area contributed by atoms with E-state index < -0.39 is 5.91 Å². The van der Waals surface area contributed by atoms with E-state index in [1.807, 2.05) is 19.1 Å². The highest BCUT2D eigenvalue weighted by Gasteiger charge is 2.13. The fourth-order valence-corrected chi connectivity index (χ4v) is 2.55. The van der Waals surface area contributed by atoms with Crippen LogP contribution in [0.5, 0.6) is 0 Å². The van der Waals surface area contributed by atoms with E-state index in [0.29, 0.717) is 11.4 Å². The van der Waals surface area contributed by atoms with Crippen LogP contribution in [-0.4, -0.2) is 25.7 Å². The van der Waals surface area contributed by atoms with Gasteiger partial charge in [0.25, 0.3) is 5.91 Å². The highest BCUT2D eigenvalue weighted by molar-refractivity contribution is 14.1. The Morgan fingerprint density at radius 1 is 1.42 bits per heavy atom. The predicted molar refractivity (Wildman–Crippen MR) is 79.2 cm³/mol. The minimum atomic E-state index is -0.510. The molecule has 3 N–H and O–H groups in total. The van der Waals surface area contributed by atoms with Crippen LogP contribution in [0.4, 0.5) is 0 Å². The van der Waals surface area contributed by atoms with Gasteiger partial charge in [-0.2, -0.15) is 5.10 Å². The number of aromatic amines is 1. The Morgan fingerprint density at radius 3 is 2.95 bits per heavy atom. The van der Waals surface area contributed by atoms with Crippen LogP contribution in [0.3, 0.4) is 0 Å². The van der Waals surface area contributed by atoms with E-state index in [1.165, 1.54) is 4.68 Å². The lowest BCUT2D eigenvalue weighted by molar-refractivity contribution is 0.0993. The van der Waals surface area contributed by atoms with Gasteiger partial charge >= 0.3 is 0 Å². The zero-order valence-electron chi connectivity index (χ0n) is 10.0. The summed E-state index contributed by atoms with van der Waals surface area (Å²) < 4.78 is 2.52. The number of aryl methyl sites for hydroxylation is 1. The van der Waals surface area contributed by atoms with Gasteiger partial charge in [0.1, 0.15) is 11.3 Å². The molecule has 0 aromatic carbocycles. The third kappa shape index (κ3) is 2.09. The van der Waals surface area contributed by atoms with Crippen molar-refractivity contribution in [3.63, 3.8) is 0 Å². The molecule has 19 heavy (non-hydrogen) atoms. The molecule has 0 aliphatic carbocycles. The molecule has 1 amide bonds. The van der Waals surface area contributed by atoms with Gasteiger partial charge in [-0.15, -0.1) is 0 Å². The van der Waals surface area contributed by atoms with Crippen LogP contribution < -0.4 is 5.73 Å². The van der Waals surface area contributed by atoms with E-state index in [9.17, 15) is 4.79 Å². The molecule has 3 aromatic rings. The van der Waals surface area contributed by atoms with Gasteiger partial charge in [-0.25, -0.2) is 9.67 Å². The molecule has 0 saturated heterocycles. The quantitative estimate of drug-likeness (QED) is 0.677. The summed E-state index contributed by atoms with van der Waals surface area (Å²) >= 11 is 2.19. The van der Waals surface area contributed by atoms with Gasteiger partial charge in [0.15, 0.2) is 0 Å². The number of amides is 1. The molecule has 0 atom stereocenters. The number of primary amides is 1. The van der Waals surface area contributed by atoms with Crippen molar-refractivity contribution >= 4 is 39.5 Å². The Hall–Kier alpha value is -1.90. The first-order chi connectivity index (χ1) is 9.04. The maximum Gasteiger partial charge on any atom is 0.267 e. The number of aromatic nitrogens is 4. The number of hydrogen-bond donors (Lipinski definition) is 2. The minimum absolute atomic E-state index is 0.351. The normalized spacial score (nSPS) is 11.1. The van der Waals surface area contributed by atoms with Crippen molar-refractivity contribution in [1.82, 2.24) is 19.7 Å². The number of carbonyl (C=O) groups excluding carboxylic acids is 1. The first kappa shape index (κ1) is 12.2. The molecule has 0 bridgehead atoms. The van der Waals surface area contributed by atoms with E-state index >= 15 is 0 Å². The molecule has 6 nitrogen and oxygen atoms in total. The van der Waals surface area contributed by atoms with Crippen LogP contribution in [0.15, 0.2) is 24.4 Å². The van der Waals surface area contributed by atoms with Gasteiger partial charge in [-0.1, -0.05) is 0 Å². The molecule has 7 heteroatoms. The fraction of sp³-hybridized carbons (Fsp3) is 0.0833. The fourth-order valence-electron chi connectivity index (χ4n) is 1.96. The summed E-state index contributed by atoms with van der Waals surface area (Å²) in [5.74, 6) is -0.510. The standard InChI is InChI=1S/C12H10IN5O/c1-6-2-9(11(14)19)18(17-6)8-3-7-4-10(13)16-12(7)15-5-8/h2-5H,1H3,(H2,14,19)(H,15,16). The van der Waals surface area contributed by atoms with Gasteiger partial charge < -0.3 is 10.7 Å². The molecule has 0 aliphatic heterocycles. The second-order valence-electron chi connectivity index (χ2n) is 4.20. The lowest BCUT2D eigenvalue weighted by Gasteiger charge is -2.04. The molecule has 0 radical (unpaired) electrons. The summed E-state index contributed by atoms with van der Waals surface area (Å²) in [6, 6.07) is 5.56. The lowest BCUT2D eigenvalue weighted by Crippen LogP contribution is -2.16. The predicted octanol–water partition coefficient (Wildman–Crippen LogP) is 1.76. The smallest absolute Gasteiger partial charge is 0.267 e. The van der Waals surface area contributed by atoms with Crippen molar-refractivity contribution in [2.75, 3.05) is 0 Å². The van der Waals surface area contributed by atoms with Crippen LogP contribution in [0, 0.1) is 10.6 Å². The van der Waals surface area contributed by atoms with Crippen molar-refractivity contribution in [2.24, 2.45) is 5.73 Å². The Labute approximate surface area is 122 Å². The highest BCUT2D eigenvalue weighted by Crippen LogP contribution is 2.19. The molecule has 0 fully saturated rings. The molecule has 96 valence electrons. The minimum Gasteiger partial charge on any atom is -0.364 e. The molecule has 0 aliphatic rings. The third-order valence-electron chi connectivity index (χ3n) is 2.75. The van der Waals surface area contributed by atoms with Gasteiger partial charge in [0.05, 0.1) is 21.3 Å². The number of hydrogen-bond acceptors (Lipinski definition) is 3. The molecule has 0 saturated carbocycles. The second kappa shape index (κ2) is 4.34. The van der Waals surface area contributed by atoms with Gasteiger partial charge in [0.2, 0.25) is 0 Å². The number of nitrogens with zero attached hydrogens (tertiary/aromatic N) is 3. The molecule has 3 aromatic heterocycles. The summed E-state index contributed by atoms with van der Waals surface area (Å²) in [5.41, 5.74) is 7.96. The maximum atomic E-state index is 11.4. The number of H-pyrrole nitrogens is 1. The number of pyridine rings is 1. The van der Waals surface area contributed by atoms with Gasteiger partial charge in [-0.3, -0.25) is 4.79 Å². The van der Waals surface area contributed by atoms with E-state index in [4.69, 9.17) is 5.73 Å². The van der Waals surface area contributed by atoms with E-state index in [2.05, 4.69) is 37.7 Å². The molecular formula is C12H10IN5O. The average molecular weight is 367 g/mol. The summed E-state index contributed by atoms with van der Waals surface area (Å²) in [6.07, 6.45) is 1.66. The molecule has 3 heterocycles. The number of halogens is 1. The summed E-state index contributed by atoms with van der Waals surface area (Å²) in [7, 11) is 0. The first-order valence-corrected chi connectivity index (χ1v) is 6.63. The zero-order chi connectivity index (χ0) is 13.6. The second-order valence-corrected chi connectivity index (χ2v) is 5.36. The van der Waals surface area contributed by atoms with E-state index in [-0.39, 0.29) is 0 Å². The van der Waals surface area contributed by atoms with Crippen LogP contribution in [0.1, 0.15) is 16.2 Å². The largest absolute Gasteiger partial charge is 0.364 e. The third-order valence-corrected chi connectivity index (χ3v) is 3.33. The van der Waals surface area contributed by atoms with E-state index in [1.54, 1.807) is 12.3 Å². The Kier molecular flexibility index (Phi) is 2.77. The van der Waals surface area contributed by atoms with Crippen molar-refractivity contribution in [1.29, 1.82) is 0 Å². The zero-order valence-corrected chi connectivity index (χ0v) is 12.2. The van der Waals surface area contributed by atoms with Gasteiger partial charge in [0, 0.05) is 5.39 Å². The number of nitrogens with one attached hydrogen (secondary N) is 1. The highest BCUT2D eigenvalue weighted by atomic mass is 127. The summed E-state index contributed by atoms with van der Waals surface area (Å²) in [5, 5.41) is 5.24. The van der Waals surface area contributed by atoms with Crippen LogP contribution in [0.25, 0.3) is 16.7 Å². The van der Waals surface area contributed by atoms with Crippen LogP contribution in [-0.2, 0) is 0 Å². The summed E-state index contributed by atoms with van der Waals surface area (Å²) in [6.45, 7) is 1.81. The number of nitrogens with two attached hydrogens (primary N) is 1. The summed E-state index contributed by atoms with van der Waals surface area (Å²) in [4.78, 5) is 18.9. The van der Waals surface area contributed by atoms with Crippen molar-refractivity contribution in [2.45, 2.75) is 6.92 Å². The SMILES string of the molecule is Cc1cc(C(N)=O)n(-c2cnc3[nH]c(I)cc3c2)n1. The van der Waals surface area contributed by atoms with Crippen LogP contribution >= 0.6 is 22.6 Å². The Morgan fingerprint density at radius 2 is 2.21 bits per heavy atom. The van der Waals surface area contributed by atoms with Crippen molar-refractivity contribution in [3.05, 3.63) is 39.5 Å². The van der Waals surface area contributed by atoms with E-state index in [0.717, 1.165) is 20.4 Å². The first-order valence-electron chi connectivity index (χ1n) is 5.56. The molecule has 0 unspecified atom stereocenters. The lowest BCUT2D eigenvalue weighted by atomic mass is 10.3. The maximum absolute atomic E-state index is 11.4.